The fourth-order valence-corrected chi connectivity index (χ4v) is 7.09. The van der Waals surface area contributed by atoms with Gasteiger partial charge in [-0.1, -0.05) is 191 Å². The maximum absolute atomic E-state index is 12.8. The minimum atomic E-state index is -0.784. The number of carbonyl (C=O) groups excluding carboxylic acids is 3. The van der Waals surface area contributed by atoms with E-state index in [9.17, 15) is 14.4 Å². The van der Waals surface area contributed by atoms with Gasteiger partial charge < -0.3 is 14.2 Å². The number of rotatable bonds is 46. The van der Waals surface area contributed by atoms with Crippen molar-refractivity contribution >= 4 is 17.9 Å². The molecule has 0 heterocycles. The fraction of sp³-hybridized carbons (Fsp3) is 0.796. The van der Waals surface area contributed by atoms with Crippen molar-refractivity contribution in [3.8, 4) is 0 Å². The van der Waals surface area contributed by atoms with Crippen LogP contribution in [0.4, 0.5) is 0 Å². The van der Waals surface area contributed by atoms with Gasteiger partial charge in [0.25, 0.3) is 0 Å². The second-order valence-corrected chi connectivity index (χ2v) is 17.1. The Bertz CT molecular complexity index is 1060. The van der Waals surface area contributed by atoms with Crippen LogP contribution in [-0.4, -0.2) is 37.2 Å². The molecular weight excluding hydrogens is 745 g/mol. The highest BCUT2D eigenvalue weighted by atomic mass is 16.6. The summed E-state index contributed by atoms with van der Waals surface area (Å²) in [6.45, 7) is 6.56. The Morgan fingerprint density at radius 3 is 0.983 bits per heavy atom. The predicted octanol–water partition coefficient (Wildman–Crippen LogP) is 16.7. The van der Waals surface area contributed by atoms with E-state index in [0.717, 1.165) is 96.3 Å². The highest BCUT2D eigenvalue weighted by Crippen LogP contribution is 2.14. The molecule has 0 aromatic heterocycles. The van der Waals surface area contributed by atoms with E-state index < -0.39 is 6.10 Å². The lowest BCUT2D eigenvalue weighted by atomic mass is 10.1. The van der Waals surface area contributed by atoms with Gasteiger partial charge in [0.15, 0.2) is 6.10 Å². The van der Waals surface area contributed by atoms with Crippen LogP contribution in [0.3, 0.4) is 0 Å². The summed E-state index contributed by atoms with van der Waals surface area (Å²) in [6.07, 6.45) is 58.0. The standard InChI is InChI=1S/C54H96O6/c1-4-7-10-13-16-19-22-25-28-31-34-37-40-43-46-52(55)58-49-51(60-54(57)48-45-42-39-36-33-30-27-24-21-18-15-12-9-6-3)50-59-53(56)47-44-41-38-35-32-29-26-23-20-17-14-11-8-5-2/h13,16,22-27,51H,4-12,14-15,17-21,28-50H2,1-3H3/b16-13-,25-22-,26-23-,27-24-. The maximum atomic E-state index is 12.8. The Morgan fingerprint density at radius 2 is 0.617 bits per heavy atom. The predicted molar refractivity (Wildman–Crippen MR) is 256 cm³/mol. The molecule has 0 saturated heterocycles. The van der Waals surface area contributed by atoms with Gasteiger partial charge >= 0.3 is 17.9 Å². The molecule has 348 valence electrons. The lowest BCUT2D eigenvalue weighted by Gasteiger charge is -2.18. The zero-order valence-electron chi connectivity index (χ0n) is 39.7. The largest absolute Gasteiger partial charge is 0.462 e. The molecule has 0 spiro atoms. The summed E-state index contributed by atoms with van der Waals surface area (Å²) in [7, 11) is 0. The first-order chi connectivity index (χ1) is 29.5. The number of allylic oxidation sites excluding steroid dienone is 8. The highest BCUT2D eigenvalue weighted by molar-refractivity contribution is 5.71. The van der Waals surface area contributed by atoms with Crippen LogP contribution < -0.4 is 0 Å². The molecule has 0 aliphatic rings. The molecule has 0 bridgehead atoms. The molecule has 0 radical (unpaired) electrons. The van der Waals surface area contributed by atoms with Crippen molar-refractivity contribution in [2.75, 3.05) is 13.2 Å². The normalized spacial score (nSPS) is 12.4. The Labute approximate surface area is 371 Å². The lowest BCUT2D eigenvalue weighted by molar-refractivity contribution is -0.167. The zero-order valence-corrected chi connectivity index (χ0v) is 39.7. The minimum absolute atomic E-state index is 0.0847. The van der Waals surface area contributed by atoms with E-state index in [0.29, 0.717) is 19.3 Å². The molecular formula is C54H96O6. The van der Waals surface area contributed by atoms with Crippen LogP contribution in [0.25, 0.3) is 0 Å². The van der Waals surface area contributed by atoms with Crippen molar-refractivity contribution in [2.24, 2.45) is 0 Å². The average molecular weight is 841 g/mol. The number of unbranched alkanes of at least 4 members (excludes halogenated alkanes) is 27. The quantitative estimate of drug-likeness (QED) is 0.0263. The third-order valence-electron chi connectivity index (χ3n) is 11.0. The molecule has 0 rings (SSSR count). The van der Waals surface area contributed by atoms with E-state index in [1.807, 2.05) is 0 Å². The molecule has 0 amide bonds. The van der Waals surface area contributed by atoms with E-state index in [2.05, 4.69) is 69.4 Å². The first kappa shape index (κ1) is 57.4. The summed E-state index contributed by atoms with van der Waals surface area (Å²) < 4.78 is 16.8. The summed E-state index contributed by atoms with van der Waals surface area (Å²) in [5.74, 6) is -0.910. The van der Waals surface area contributed by atoms with Crippen LogP contribution in [0.5, 0.6) is 0 Å². The minimum Gasteiger partial charge on any atom is -0.462 e. The molecule has 0 aliphatic carbocycles. The van der Waals surface area contributed by atoms with Gasteiger partial charge in [-0.15, -0.1) is 0 Å². The molecule has 0 aromatic carbocycles. The smallest absolute Gasteiger partial charge is 0.306 e. The third-order valence-corrected chi connectivity index (χ3v) is 11.0. The molecule has 0 aliphatic heterocycles. The van der Waals surface area contributed by atoms with Crippen LogP contribution in [0.1, 0.15) is 258 Å². The van der Waals surface area contributed by atoms with Gasteiger partial charge in [-0.2, -0.15) is 0 Å². The fourth-order valence-electron chi connectivity index (χ4n) is 7.09. The number of hydrogen-bond donors (Lipinski definition) is 0. The van der Waals surface area contributed by atoms with Gasteiger partial charge in [0.2, 0.25) is 0 Å². The van der Waals surface area contributed by atoms with Gasteiger partial charge in [-0.05, 0) is 96.3 Å². The van der Waals surface area contributed by atoms with Crippen LogP contribution in [0, 0.1) is 0 Å². The Morgan fingerprint density at radius 1 is 0.333 bits per heavy atom. The molecule has 1 unspecified atom stereocenters. The van der Waals surface area contributed by atoms with E-state index in [1.54, 1.807) is 0 Å². The topological polar surface area (TPSA) is 78.9 Å². The first-order valence-electron chi connectivity index (χ1n) is 25.6. The SMILES string of the molecule is CCCC/C=C\C/C=C\CCCCCCCC(=O)OCC(COC(=O)CCCCCCC/C=C\CCCCCCC)OC(=O)CCCCCCC/C=C\CCCCCCC. The number of carbonyl (C=O) groups is 3. The van der Waals surface area contributed by atoms with Crippen LogP contribution in [-0.2, 0) is 28.6 Å². The van der Waals surface area contributed by atoms with Crippen molar-refractivity contribution < 1.29 is 28.6 Å². The molecule has 0 saturated carbocycles. The first-order valence-corrected chi connectivity index (χ1v) is 25.6. The van der Waals surface area contributed by atoms with Crippen molar-refractivity contribution in [1.82, 2.24) is 0 Å². The Kier molecular flexibility index (Phi) is 46.9. The van der Waals surface area contributed by atoms with Crippen LogP contribution in [0.15, 0.2) is 48.6 Å². The average Bonchev–Trinajstić information content (AvgIpc) is 3.24. The molecule has 0 fully saturated rings. The molecule has 6 heteroatoms. The van der Waals surface area contributed by atoms with Gasteiger partial charge in [0.05, 0.1) is 0 Å². The molecule has 6 nitrogen and oxygen atoms in total. The number of esters is 3. The third kappa shape index (κ3) is 46.4. The van der Waals surface area contributed by atoms with Crippen molar-refractivity contribution in [3.63, 3.8) is 0 Å². The second kappa shape index (κ2) is 49.0. The summed E-state index contributed by atoms with van der Waals surface area (Å²) >= 11 is 0. The molecule has 1 atom stereocenters. The Balaban J connectivity index is 4.42. The maximum Gasteiger partial charge on any atom is 0.306 e. The second-order valence-electron chi connectivity index (χ2n) is 17.1. The van der Waals surface area contributed by atoms with E-state index in [1.165, 1.54) is 122 Å². The molecule has 0 aromatic rings. The summed E-state index contributed by atoms with van der Waals surface area (Å²) in [5.41, 5.74) is 0. The van der Waals surface area contributed by atoms with Crippen LogP contribution in [0.2, 0.25) is 0 Å². The van der Waals surface area contributed by atoms with Crippen molar-refractivity contribution in [2.45, 2.75) is 264 Å². The summed E-state index contributed by atoms with van der Waals surface area (Å²) in [6, 6.07) is 0. The van der Waals surface area contributed by atoms with Crippen molar-refractivity contribution in [1.29, 1.82) is 0 Å². The Hall–Kier alpha value is -2.63. The van der Waals surface area contributed by atoms with Gasteiger partial charge in [-0.3, -0.25) is 14.4 Å². The van der Waals surface area contributed by atoms with E-state index in [4.69, 9.17) is 14.2 Å². The number of ether oxygens (including phenoxy) is 3. The van der Waals surface area contributed by atoms with Crippen LogP contribution >= 0.6 is 0 Å². The van der Waals surface area contributed by atoms with E-state index >= 15 is 0 Å². The molecule has 0 N–H and O–H groups in total. The zero-order chi connectivity index (χ0) is 43.7. The van der Waals surface area contributed by atoms with Gasteiger partial charge in [0.1, 0.15) is 13.2 Å². The summed E-state index contributed by atoms with van der Waals surface area (Å²) in [4.78, 5) is 37.9. The van der Waals surface area contributed by atoms with E-state index in [-0.39, 0.29) is 31.1 Å². The van der Waals surface area contributed by atoms with Gasteiger partial charge in [0, 0.05) is 19.3 Å². The van der Waals surface area contributed by atoms with Gasteiger partial charge in [-0.25, -0.2) is 0 Å². The monoisotopic (exact) mass is 841 g/mol. The number of hydrogen-bond acceptors (Lipinski definition) is 6. The summed E-state index contributed by atoms with van der Waals surface area (Å²) in [5, 5.41) is 0. The van der Waals surface area contributed by atoms with Crippen molar-refractivity contribution in [3.05, 3.63) is 48.6 Å². The lowest BCUT2D eigenvalue weighted by Crippen LogP contribution is -2.30. The molecule has 60 heavy (non-hydrogen) atoms. The highest BCUT2D eigenvalue weighted by Gasteiger charge is 2.19.